The molecule has 6 nitrogen and oxygen atoms in total. The Bertz CT molecular complexity index is 560. The quantitative estimate of drug-likeness (QED) is 0.347. The highest BCUT2D eigenvalue weighted by molar-refractivity contribution is 14.0. The van der Waals surface area contributed by atoms with Crippen LogP contribution in [0.5, 0.6) is 5.75 Å². The summed E-state index contributed by atoms with van der Waals surface area (Å²) in [5.74, 6) is 1.44. The van der Waals surface area contributed by atoms with Crippen molar-refractivity contribution >= 4 is 35.8 Å². The van der Waals surface area contributed by atoms with E-state index >= 15 is 0 Å². The second kappa shape index (κ2) is 11.9. The number of hydrogen-bond donors (Lipinski definition) is 3. The first-order valence-corrected chi connectivity index (χ1v) is 8.58. The summed E-state index contributed by atoms with van der Waals surface area (Å²) >= 11 is 0. The number of nitrogens with zero attached hydrogens (tertiary/aromatic N) is 1. The van der Waals surface area contributed by atoms with Gasteiger partial charge in [0.05, 0.1) is 13.7 Å². The molecule has 0 heterocycles. The predicted molar refractivity (Wildman–Crippen MR) is 112 cm³/mol. The van der Waals surface area contributed by atoms with E-state index in [2.05, 4.69) is 20.9 Å². The maximum absolute atomic E-state index is 12.0. The van der Waals surface area contributed by atoms with Gasteiger partial charge in [-0.3, -0.25) is 9.79 Å². The van der Waals surface area contributed by atoms with Crippen molar-refractivity contribution in [2.45, 2.75) is 44.7 Å². The van der Waals surface area contributed by atoms with Crippen molar-refractivity contribution in [2.75, 3.05) is 20.7 Å². The summed E-state index contributed by atoms with van der Waals surface area (Å²) in [5, 5.41) is 9.34. The average molecular weight is 460 g/mol. The van der Waals surface area contributed by atoms with Gasteiger partial charge in [-0.1, -0.05) is 37.5 Å². The van der Waals surface area contributed by atoms with E-state index in [1.165, 1.54) is 19.3 Å². The lowest BCUT2D eigenvalue weighted by molar-refractivity contribution is -0.120. The van der Waals surface area contributed by atoms with Crippen molar-refractivity contribution in [3.63, 3.8) is 0 Å². The van der Waals surface area contributed by atoms with Crippen molar-refractivity contribution < 1.29 is 9.53 Å². The molecule has 3 N–H and O–H groups in total. The lowest BCUT2D eigenvalue weighted by Crippen LogP contribution is -2.45. The van der Waals surface area contributed by atoms with Gasteiger partial charge in [0, 0.05) is 25.2 Å². The highest BCUT2D eigenvalue weighted by Gasteiger charge is 2.15. The zero-order valence-corrected chi connectivity index (χ0v) is 17.3. The fraction of sp³-hybridized carbons (Fsp3) is 0.556. The Morgan fingerprint density at radius 1 is 1.20 bits per heavy atom. The van der Waals surface area contributed by atoms with Gasteiger partial charge in [0.15, 0.2) is 5.96 Å². The van der Waals surface area contributed by atoms with E-state index in [1.807, 2.05) is 24.3 Å². The van der Waals surface area contributed by atoms with Gasteiger partial charge >= 0.3 is 0 Å². The van der Waals surface area contributed by atoms with E-state index in [1.54, 1.807) is 14.2 Å². The van der Waals surface area contributed by atoms with Gasteiger partial charge in [0.25, 0.3) is 0 Å². The predicted octanol–water partition coefficient (Wildman–Crippen LogP) is 2.43. The number of benzene rings is 1. The monoisotopic (exact) mass is 460 g/mol. The van der Waals surface area contributed by atoms with Gasteiger partial charge in [-0.15, -0.1) is 24.0 Å². The summed E-state index contributed by atoms with van der Waals surface area (Å²) in [6, 6.07) is 8.15. The number of rotatable bonds is 6. The van der Waals surface area contributed by atoms with Gasteiger partial charge in [-0.05, 0) is 18.9 Å². The molecule has 140 valence electrons. The number of carbonyl (C=O) groups is 1. The minimum atomic E-state index is 0. The molecule has 0 unspecified atom stereocenters. The second-order valence-corrected chi connectivity index (χ2v) is 5.99. The van der Waals surface area contributed by atoms with E-state index in [0.717, 1.165) is 24.2 Å². The smallest absolute Gasteiger partial charge is 0.239 e. The Labute approximate surface area is 167 Å². The van der Waals surface area contributed by atoms with E-state index in [0.29, 0.717) is 18.5 Å². The molecule has 1 aliphatic carbocycles. The number of halogens is 1. The lowest BCUT2D eigenvalue weighted by atomic mass is 9.95. The molecule has 0 saturated heterocycles. The fourth-order valence-corrected chi connectivity index (χ4v) is 2.94. The summed E-state index contributed by atoms with van der Waals surface area (Å²) in [4.78, 5) is 16.2. The van der Waals surface area contributed by atoms with Crippen LogP contribution in [0.2, 0.25) is 0 Å². The van der Waals surface area contributed by atoms with Crippen LogP contribution in [0, 0.1) is 0 Å². The van der Waals surface area contributed by atoms with E-state index < -0.39 is 0 Å². The Kier molecular flexibility index (Phi) is 10.3. The van der Waals surface area contributed by atoms with E-state index in [9.17, 15) is 4.79 Å². The maximum atomic E-state index is 12.0. The first-order chi connectivity index (χ1) is 11.7. The standard InChI is InChI=1S/C18H28N4O2.HI/c1-19-18(20-12-14-8-6-7-11-16(14)24-2)21-13-17(23)22-15-9-4-3-5-10-15;/h6-8,11,15H,3-5,9-10,12-13H2,1-2H3,(H,22,23)(H2,19,20,21);1H. The number of carbonyl (C=O) groups excluding carboxylic acids is 1. The minimum Gasteiger partial charge on any atom is -0.496 e. The molecule has 7 heteroatoms. The third-order valence-electron chi connectivity index (χ3n) is 4.25. The highest BCUT2D eigenvalue weighted by atomic mass is 127. The van der Waals surface area contributed by atoms with Gasteiger partial charge < -0.3 is 20.7 Å². The number of guanidine groups is 1. The molecule has 1 amide bonds. The first kappa shape index (κ1) is 21.5. The summed E-state index contributed by atoms with van der Waals surface area (Å²) in [6.45, 7) is 0.802. The number of para-hydroxylation sites is 1. The van der Waals surface area contributed by atoms with Gasteiger partial charge in [0.1, 0.15) is 5.75 Å². The molecule has 2 rings (SSSR count). The van der Waals surface area contributed by atoms with Crippen LogP contribution in [-0.4, -0.2) is 38.6 Å². The SMILES string of the molecule is CN=C(NCC(=O)NC1CCCCC1)NCc1ccccc1OC.I. The molecule has 25 heavy (non-hydrogen) atoms. The molecule has 0 aliphatic heterocycles. The largest absolute Gasteiger partial charge is 0.496 e. The second-order valence-electron chi connectivity index (χ2n) is 5.99. The zero-order valence-electron chi connectivity index (χ0n) is 15.0. The Balaban J connectivity index is 0.00000312. The summed E-state index contributed by atoms with van der Waals surface area (Å²) in [5.41, 5.74) is 1.04. The number of aliphatic imine (C=N–C) groups is 1. The van der Waals surface area contributed by atoms with E-state index in [-0.39, 0.29) is 36.4 Å². The van der Waals surface area contributed by atoms with Crippen LogP contribution >= 0.6 is 24.0 Å². The van der Waals surface area contributed by atoms with Crippen molar-refractivity contribution in [2.24, 2.45) is 4.99 Å². The van der Waals surface area contributed by atoms with Crippen molar-refractivity contribution in [1.82, 2.24) is 16.0 Å². The number of nitrogens with one attached hydrogen (secondary N) is 3. The van der Waals surface area contributed by atoms with Crippen LogP contribution < -0.4 is 20.7 Å². The molecule has 0 aromatic heterocycles. The van der Waals surface area contributed by atoms with Crippen LogP contribution in [0.1, 0.15) is 37.7 Å². The van der Waals surface area contributed by atoms with Crippen molar-refractivity contribution in [1.29, 1.82) is 0 Å². The molecular formula is C18H29IN4O2. The maximum Gasteiger partial charge on any atom is 0.239 e. The lowest BCUT2D eigenvalue weighted by Gasteiger charge is -2.23. The number of ether oxygens (including phenoxy) is 1. The molecule has 0 bridgehead atoms. The molecule has 1 saturated carbocycles. The summed E-state index contributed by atoms with van der Waals surface area (Å²) in [7, 11) is 3.35. The Morgan fingerprint density at radius 3 is 2.60 bits per heavy atom. The molecule has 1 aromatic rings. The molecule has 0 radical (unpaired) electrons. The number of hydrogen-bond acceptors (Lipinski definition) is 3. The van der Waals surface area contributed by atoms with Crippen LogP contribution in [0.15, 0.2) is 29.3 Å². The zero-order chi connectivity index (χ0) is 17.2. The molecule has 1 aliphatic rings. The Hall–Kier alpha value is -1.51. The molecule has 1 aromatic carbocycles. The molecule has 1 fully saturated rings. The molecule has 0 atom stereocenters. The van der Waals surface area contributed by atoms with Gasteiger partial charge in [-0.2, -0.15) is 0 Å². The molecular weight excluding hydrogens is 431 g/mol. The number of amides is 1. The fourth-order valence-electron chi connectivity index (χ4n) is 2.94. The highest BCUT2D eigenvalue weighted by Crippen LogP contribution is 2.17. The van der Waals surface area contributed by atoms with Crippen LogP contribution in [0.4, 0.5) is 0 Å². The Morgan fingerprint density at radius 2 is 1.92 bits per heavy atom. The number of methoxy groups -OCH3 is 1. The third kappa shape index (κ3) is 7.50. The van der Waals surface area contributed by atoms with Gasteiger partial charge in [0.2, 0.25) is 5.91 Å². The van der Waals surface area contributed by atoms with Crippen molar-refractivity contribution in [3.05, 3.63) is 29.8 Å². The van der Waals surface area contributed by atoms with Gasteiger partial charge in [-0.25, -0.2) is 0 Å². The summed E-state index contributed by atoms with van der Waals surface area (Å²) in [6.07, 6.45) is 5.88. The van der Waals surface area contributed by atoms with E-state index in [4.69, 9.17) is 4.74 Å². The minimum absolute atomic E-state index is 0. The van der Waals surface area contributed by atoms with Crippen LogP contribution in [0.3, 0.4) is 0 Å². The topological polar surface area (TPSA) is 74.8 Å². The normalized spacial score (nSPS) is 15.0. The third-order valence-corrected chi connectivity index (χ3v) is 4.25. The van der Waals surface area contributed by atoms with Crippen molar-refractivity contribution in [3.8, 4) is 5.75 Å². The van der Waals surface area contributed by atoms with Crippen LogP contribution in [0.25, 0.3) is 0 Å². The first-order valence-electron chi connectivity index (χ1n) is 8.58. The average Bonchev–Trinajstić information content (AvgIpc) is 2.63. The summed E-state index contributed by atoms with van der Waals surface area (Å²) < 4.78 is 5.33. The molecule has 0 spiro atoms. The van der Waals surface area contributed by atoms with Crippen LogP contribution in [-0.2, 0) is 11.3 Å².